The van der Waals surface area contributed by atoms with Gasteiger partial charge in [-0.3, -0.25) is 9.69 Å². The number of nitrogens with zero attached hydrogens (tertiary/aromatic N) is 3. The summed E-state index contributed by atoms with van der Waals surface area (Å²) in [7, 11) is 3.50. The van der Waals surface area contributed by atoms with Gasteiger partial charge in [0, 0.05) is 45.8 Å². The number of rotatable bonds is 6. The van der Waals surface area contributed by atoms with Crippen molar-refractivity contribution in [3.63, 3.8) is 0 Å². The summed E-state index contributed by atoms with van der Waals surface area (Å²) in [6.07, 6.45) is 2.14. The Hall–Kier alpha value is -2.08. The predicted molar refractivity (Wildman–Crippen MR) is 107 cm³/mol. The van der Waals surface area contributed by atoms with E-state index in [1.807, 2.05) is 6.92 Å². The average Bonchev–Trinajstić information content (AvgIpc) is 2.62. The normalized spacial score (nSPS) is 21.3. The lowest BCUT2D eigenvalue weighted by molar-refractivity contribution is -0.127. The summed E-state index contributed by atoms with van der Waals surface area (Å²) in [5.41, 5.74) is 1.36. The van der Waals surface area contributed by atoms with E-state index in [-0.39, 0.29) is 12.5 Å². The van der Waals surface area contributed by atoms with Crippen LogP contribution in [0.2, 0.25) is 0 Å². The zero-order valence-electron chi connectivity index (χ0n) is 16.5. The van der Waals surface area contributed by atoms with Crippen molar-refractivity contribution in [2.24, 2.45) is 4.99 Å². The van der Waals surface area contributed by atoms with E-state index in [0.29, 0.717) is 12.1 Å². The molecule has 1 heterocycles. The second-order valence-electron chi connectivity index (χ2n) is 7.15. The number of benzene rings is 1. The molecular formula is C20H33N5O. The summed E-state index contributed by atoms with van der Waals surface area (Å²) in [6.45, 7) is 7.34. The second-order valence-corrected chi connectivity index (χ2v) is 7.15. The molecule has 1 aromatic rings. The Morgan fingerprint density at radius 3 is 2.65 bits per heavy atom. The number of aliphatic imine (C=N–C) groups is 1. The molecule has 0 spiro atoms. The van der Waals surface area contributed by atoms with E-state index in [2.05, 4.69) is 57.8 Å². The van der Waals surface area contributed by atoms with Gasteiger partial charge < -0.3 is 15.5 Å². The Labute approximate surface area is 157 Å². The number of guanidine groups is 1. The number of likely N-dealkylation sites (N-methyl/N-ethyl adjacent to an activating group) is 1. The minimum absolute atomic E-state index is 0.00764. The van der Waals surface area contributed by atoms with Gasteiger partial charge in [-0.15, -0.1) is 0 Å². The fourth-order valence-electron chi connectivity index (χ4n) is 3.21. The van der Waals surface area contributed by atoms with Crippen molar-refractivity contribution in [1.29, 1.82) is 0 Å². The van der Waals surface area contributed by atoms with E-state index in [4.69, 9.17) is 0 Å². The maximum atomic E-state index is 11.8. The predicted octanol–water partition coefficient (Wildman–Crippen LogP) is 1.68. The maximum Gasteiger partial charge on any atom is 0.243 e. The lowest BCUT2D eigenvalue weighted by atomic mass is 9.97. The van der Waals surface area contributed by atoms with Crippen molar-refractivity contribution >= 4 is 11.9 Å². The van der Waals surface area contributed by atoms with Crippen LogP contribution in [0.4, 0.5) is 0 Å². The third-order valence-electron chi connectivity index (χ3n) is 4.80. The number of piperidine rings is 1. The van der Waals surface area contributed by atoms with Gasteiger partial charge in [-0.05, 0) is 32.3 Å². The van der Waals surface area contributed by atoms with E-state index in [9.17, 15) is 4.79 Å². The first-order chi connectivity index (χ1) is 12.5. The molecule has 1 aliphatic heterocycles. The molecular weight excluding hydrogens is 326 g/mol. The summed E-state index contributed by atoms with van der Waals surface area (Å²) in [6, 6.07) is 11.5. The Morgan fingerprint density at radius 2 is 2.04 bits per heavy atom. The van der Waals surface area contributed by atoms with E-state index < -0.39 is 0 Å². The molecule has 6 heteroatoms. The van der Waals surface area contributed by atoms with Gasteiger partial charge in [-0.2, -0.15) is 0 Å². The molecule has 0 radical (unpaired) electrons. The lowest BCUT2D eigenvalue weighted by Crippen LogP contribution is -2.51. The first-order valence-electron chi connectivity index (χ1n) is 9.52. The molecule has 1 saturated heterocycles. The minimum atomic E-state index is 0.00764. The zero-order valence-corrected chi connectivity index (χ0v) is 16.5. The third kappa shape index (κ3) is 6.33. The Morgan fingerprint density at radius 1 is 1.31 bits per heavy atom. The number of amides is 1. The Bertz CT molecular complexity index is 587. The topological polar surface area (TPSA) is 60.0 Å². The molecule has 2 unspecified atom stereocenters. The molecule has 1 aromatic carbocycles. The molecule has 6 nitrogen and oxygen atoms in total. The van der Waals surface area contributed by atoms with Gasteiger partial charge in [0.2, 0.25) is 5.91 Å². The van der Waals surface area contributed by atoms with Gasteiger partial charge >= 0.3 is 0 Å². The molecule has 0 aromatic heterocycles. The summed E-state index contributed by atoms with van der Waals surface area (Å²) in [5.74, 6) is 0.740. The van der Waals surface area contributed by atoms with Crippen LogP contribution in [0.15, 0.2) is 35.3 Å². The van der Waals surface area contributed by atoms with E-state index in [0.717, 1.165) is 38.4 Å². The summed E-state index contributed by atoms with van der Waals surface area (Å²) < 4.78 is 0. The van der Waals surface area contributed by atoms with Crippen LogP contribution in [0.3, 0.4) is 0 Å². The van der Waals surface area contributed by atoms with Crippen LogP contribution < -0.4 is 10.6 Å². The molecule has 1 fully saturated rings. The largest absolute Gasteiger partial charge is 0.357 e. The highest BCUT2D eigenvalue weighted by molar-refractivity contribution is 5.84. The van der Waals surface area contributed by atoms with Gasteiger partial charge in [-0.1, -0.05) is 30.3 Å². The van der Waals surface area contributed by atoms with Crippen molar-refractivity contribution < 1.29 is 4.79 Å². The highest BCUT2D eigenvalue weighted by Gasteiger charge is 2.26. The van der Waals surface area contributed by atoms with Crippen molar-refractivity contribution in [2.45, 2.75) is 45.3 Å². The van der Waals surface area contributed by atoms with Crippen molar-refractivity contribution in [1.82, 2.24) is 20.4 Å². The van der Waals surface area contributed by atoms with Crippen LogP contribution in [0.25, 0.3) is 0 Å². The second kappa shape index (κ2) is 10.2. The highest BCUT2D eigenvalue weighted by atomic mass is 16.2. The summed E-state index contributed by atoms with van der Waals surface area (Å²) in [5, 5.41) is 6.75. The third-order valence-corrected chi connectivity index (χ3v) is 4.80. The molecule has 0 aliphatic carbocycles. The fraction of sp³-hybridized carbons (Fsp3) is 0.600. The molecule has 1 aliphatic rings. The number of hydrogen-bond acceptors (Lipinski definition) is 3. The Kier molecular flexibility index (Phi) is 7.91. The van der Waals surface area contributed by atoms with Crippen LogP contribution in [0.1, 0.15) is 32.3 Å². The molecule has 2 rings (SSSR count). The highest BCUT2D eigenvalue weighted by Crippen LogP contribution is 2.19. The minimum Gasteiger partial charge on any atom is -0.357 e. The van der Waals surface area contributed by atoms with E-state index in [1.54, 1.807) is 19.0 Å². The molecule has 2 atom stereocenters. The number of carbonyl (C=O) groups excluding carboxylic acids is 1. The standard InChI is InChI=1S/C20H33N5O/c1-5-21-20(22-14-19(26)24(3)4)23-18-11-12-25(16(2)13-18)15-17-9-7-6-8-10-17/h6-10,16,18H,5,11-15H2,1-4H3,(H2,21,22,23). The number of carbonyl (C=O) groups is 1. The van der Waals surface area contributed by atoms with Gasteiger partial charge in [0.1, 0.15) is 6.54 Å². The lowest BCUT2D eigenvalue weighted by Gasteiger charge is -2.38. The molecule has 0 bridgehead atoms. The van der Waals surface area contributed by atoms with Gasteiger partial charge in [0.15, 0.2) is 5.96 Å². The summed E-state index contributed by atoms with van der Waals surface area (Å²) in [4.78, 5) is 20.3. The SMILES string of the molecule is CCNC(=NCC(=O)N(C)C)NC1CCN(Cc2ccccc2)C(C)C1. The number of nitrogens with one attached hydrogen (secondary N) is 2. The number of likely N-dealkylation sites (tertiary alicyclic amines) is 1. The van der Waals surface area contributed by atoms with Gasteiger partial charge in [-0.25, -0.2) is 4.99 Å². The molecule has 26 heavy (non-hydrogen) atoms. The first-order valence-corrected chi connectivity index (χ1v) is 9.52. The van der Waals surface area contributed by atoms with Crippen LogP contribution in [-0.2, 0) is 11.3 Å². The van der Waals surface area contributed by atoms with Crippen molar-refractivity contribution in [3.8, 4) is 0 Å². The van der Waals surface area contributed by atoms with E-state index in [1.165, 1.54) is 5.56 Å². The first kappa shape index (κ1) is 20.2. The average molecular weight is 360 g/mol. The smallest absolute Gasteiger partial charge is 0.243 e. The van der Waals surface area contributed by atoms with Crippen LogP contribution in [0.5, 0.6) is 0 Å². The Balaban J connectivity index is 1.87. The van der Waals surface area contributed by atoms with E-state index >= 15 is 0 Å². The molecule has 2 N–H and O–H groups in total. The molecule has 1 amide bonds. The fourth-order valence-corrected chi connectivity index (χ4v) is 3.21. The summed E-state index contributed by atoms with van der Waals surface area (Å²) >= 11 is 0. The quantitative estimate of drug-likeness (QED) is 0.599. The maximum absolute atomic E-state index is 11.8. The van der Waals surface area contributed by atoms with Crippen LogP contribution in [-0.4, -0.2) is 67.5 Å². The molecule has 0 saturated carbocycles. The number of hydrogen-bond donors (Lipinski definition) is 2. The van der Waals surface area contributed by atoms with Crippen molar-refractivity contribution in [2.75, 3.05) is 33.7 Å². The monoisotopic (exact) mass is 359 g/mol. The van der Waals surface area contributed by atoms with Crippen LogP contribution >= 0.6 is 0 Å². The van der Waals surface area contributed by atoms with Crippen molar-refractivity contribution in [3.05, 3.63) is 35.9 Å². The zero-order chi connectivity index (χ0) is 18.9. The van der Waals surface area contributed by atoms with Crippen LogP contribution in [0, 0.1) is 0 Å². The molecule has 144 valence electrons. The van der Waals surface area contributed by atoms with Gasteiger partial charge in [0.25, 0.3) is 0 Å². The van der Waals surface area contributed by atoms with Gasteiger partial charge in [0.05, 0.1) is 0 Å².